The first-order chi connectivity index (χ1) is 8.22. The van der Waals surface area contributed by atoms with E-state index in [4.69, 9.17) is 0 Å². The van der Waals surface area contributed by atoms with Crippen molar-refractivity contribution in [2.75, 3.05) is 12.8 Å². The Morgan fingerprint density at radius 2 is 2.35 bits per heavy atom. The molecule has 0 radical (unpaired) electrons. The maximum atomic E-state index is 9.54. The fraction of sp³-hybridized carbons (Fsp3) is 0.636. The summed E-state index contributed by atoms with van der Waals surface area (Å²) in [5, 5.41) is 21.7. The van der Waals surface area contributed by atoms with Gasteiger partial charge in [-0.05, 0) is 13.5 Å². The first-order valence-electron chi connectivity index (χ1n) is 5.71. The Hall–Kier alpha value is -0.850. The monoisotopic (exact) mass is 256 g/mol. The highest BCUT2D eigenvalue weighted by molar-refractivity contribution is 7.99. The van der Waals surface area contributed by atoms with Gasteiger partial charge in [-0.25, -0.2) is 0 Å². The van der Waals surface area contributed by atoms with E-state index in [1.807, 2.05) is 24.6 Å². The van der Waals surface area contributed by atoms with Crippen molar-refractivity contribution in [3.8, 4) is 0 Å². The number of nitrogens with zero attached hydrogens (tertiary/aromatic N) is 3. The lowest BCUT2D eigenvalue weighted by Crippen LogP contribution is -2.13. The molecule has 0 aliphatic rings. The molecule has 0 aliphatic heterocycles. The minimum atomic E-state index is -0.290. The fourth-order valence-electron chi connectivity index (χ4n) is 1.32. The number of aliphatic hydroxyl groups excluding tert-OH is 1. The molecule has 0 aromatic carbocycles. The van der Waals surface area contributed by atoms with Gasteiger partial charge in [-0.1, -0.05) is 24.8 Å². The zero-order valence-electron chi connectivity index (χ0n) is 10.4. The van der Waals surface area contributed by atoms with Gasteiger partial charge in [-0.2, -0.15) is 0 Å². The Balaban J connectivity index is 2.72. The summed E-state index contributed by atoms with van der Waals surface area (Å²) in [5.74, 6) is 1.53. The van der Waals surface area contributed by atoms with Crippen LogP contribution < -0.4 is 5.32 Å². The molecule has 0 fully saturated rings. The second-order valence-electron chi connectivity index (χ2n) is 3.70. The largest absolute Gasteiger partial charge is 0.392 e. The van der Waals surface area contributed by atoms with Crippen LogP contribution in [0.2, 0.25) is 0 Å². The van der Waals surface area contributed by atoms with Crippen molar-refractivity contribution >= 4 is 11.8 Å². The molecular weight excluding hydrogens is 236 g/mol. The van der Waals surface area contributed by atoms with Crippen molar-refractivity contribution in [2.24, 2.45) is 0 Å². The standard InChI is InChI=1S/C11H20N4OS/c1-4-6-15-10(7-12-3)13-14-11(15)17-8-9(16)5-2/h4,9,12,16H,1,5-8H2,2-3H3/t9-/m0/s1. The quantitative estimate of drug-likeness (QED) is 0.537. The van der Waals surface area contributed by atoms with Gasteiger partial charge in [-0.3, -0.25) is 0 Å². The molecule has 1 atom stereocenters. The van der Waals surface area contributed by atoms with E-state index in [0.29, 0.717) is 18.8 Å². The maximum absolute atomic E-state index is 9.54. The highest BCUT2D eigenvalue weighted by atomic mass is 32.2. The predicted molar refractivity (Wildman–Crippen MR) is 70.0 cm³/mol. The van der Waals surface area contributed by atoms with E-state index in [0.717, 1.165) is 17.4 Å². The summed E-state index contributed by atoms with van der Waals surface area (Å²) in [4.78, 5) is 0. The number of thioether (sulfide) groups is 1. The van der Waals surface area contributed by atoms with Gasteiger partial charge < -0.3 is 15.0 Å². The third kappa shape index (κ3) is 4.14. The van der Waals surface area contributed by atoms with E-state index in [2.05, 4.69) is 22.1 Å². The van der Waals surface area contributed by atoms with E-state index in [-0.39, 0.29) is 6.10 Å². The SMILES string of the molecule is C=CCn1c(CNC)nnc1SC[C@@H](O)CC. The molecule has 2 N–H and O–H groups in total. The van der Waals surface area contributed by atoms with Gasteiger partial charge in [0.1, 0.15) is 5.82 Å². The van der Waals surface area contributed by atoms with E-state index >= 15 is 0 Å². The van der Waals surface area contributed by atoms with Crippen molar-refractivity contribution in [1.29, 1.82) is 0 Å². The fourth-order valence-corrected chi connectivity index (χ4v) is 2.33. The molecule has 0 unspecified atom stereocenters. The van der Waals surface area contributed by atoms with Crippen LogP contribution in [0.3, 0.4) is 0 Å². The number of aromatic nitrogens is 3. The molecule has 0 bridgehead atoms. The zero-order valence-corrected chi connectivity index (χ0v) is 11.2. The van der Waals surface area contributed by atoms with Crippen LogP contribution in [0.25, 0.3) is 0 Å². The van der Waals surface area contributed by atoms with Crippen LogP contribution in [0.15, 0.2) is 17.8 Å². The smallest absolute Gasteiger partial charge is 0.191 e. The molecule has 0 saturated heterocycles. The van der Waals surface area contributed by atoms with E-state index in [1.54, 1.807) is 0 Å². The molecule has 1 heterocycles. The zero-order chi connectivity index (χ0) is 12.7. The van der Waals surface area contributed by atoms with Crippen LogP contribution in [-0.2, 0) is 13.1 Å². The molecule has 5 nitrogen and oxygen atoms in total. The molecule has 96 valence electrons. The van der Waals surface area contributed by atoms with Crippen LogP contribution >= 0.6 is 11.8 Å². The lowest BCUT2D eigenvalue weighted by atomic mass is 10.3. The third-order valence-electron chi connectivity index (χ3n) is 2.32. The second-order valence-corrected chi connectivity index (χ2v) is 4.69. The van der Waals surface area contributed by atoms with Crippen molar-refractivity contribution < 1.29 is 5.11 Å². The maximum Gasteiger partial charge on any atom is 0.191 e. The summed E-state index contributed by atoms with van der Waals surface area (Å²) in [6.45, 7) is 7.07. The minimum absolute atomic E-state index is 0.290. The third-order valence-corrected chi connectivity index (χ3v) is 3.43. The van der Waals surface area contributed by atoms with Crippen LogP contribution in [0.4, 0.5) is 0 Å². The van der Waals surface area contributed by atoms with Gasteiger partial charge in [0.2, 0.25) is 0 Å². The van der Waals surface area contributed by atoms with Gasteiger partial charge in [0, 0.05) is 12.3 Å². The van der Waals surface area contributed by atoms with Crippen LogP contribution in [0.1, 0.15) is 19.2 Å². The van der Waals surface area contributed by atoms with E-state index in [9.17, 15) is 5.11 Å². The summed E-state index contributed by atoms with van der Waals surface area (Å²) in [5.41, 5.74) is 0. The highest BCUT2D eigenvalue weighted by Crippen LogP contribution is 2.18. The lowest BCUT2D eigenvalue weighted by molar-refractivity contribution is 0.195. The molecule has 1 aromatic heterocycles. The molecule has 0 spiro atoms. The summed E-state index contributed by atoms with van der Waals surface area (Å²) < 4.78 is 2.01. The molecule has 1 rings (SSSR count). The Morgan fingerprint density at radius 1 is 1.59 bits per heavy atom. The van der Waals surface area contributed by atoms with Gasteiger partial charge in [-0.15, -0.1) is 16.8 Å². The first kappa shape index (κ1) is 14.2. The number of allylic oxidation sites excluding steroid dienone is 1. The van der Waals surface area contributed by atoms with Crippen LogP contribution in [0.5, 0.6) is 0 Å². The summed E-state index contributed by atoms with van der Waals surface area (Å²) >= 11 is 1.53. The Kier molecular flexibility index (Phi) is 6.25. The van der Waals surface area contributed by atoms with Gasteiger partial charge >= 0.3 is 0 Å². The van der Waals surface area contributed by atoms with Crippen LogP contribution in [0, 0.1) is 0 Å². The second kappa shape index (κ2) is 7.47. The van der Waals surface area contributed by atoms with Crippen molar-refractivity contribution in [3.05, 3.63) is 18.5 Å². The molecule has 6 heteroatoms. The average molecular weight is 256 g/mol. The van der Waals surface area contributed by atoms with Gasteiger partial charge in [0.25, 0.3) is 0 Å². The van der Waals surface area contributed by atoms with Crippen molar-refractivity contribution in [3.63, 3.8) is 0 Å². The lowest BCUT2D eigenvalue weighted by Gasteiger charge is -2.09. The normalized spacial score (nSPS) is 12.6. The van der Waals surface area contributed by atoms with Crippen molar-refractivity contribution in [1.82, 2.24) is 20.1 Å². The number of hydrogen-bond donors (Lipinski definition) is 2. The average Bonchev–Trinajstić information content (AvgIpc) is 2.70. The minimum Gasteiger partial charge on any atom is -0.392 e. The first-order valence-corrected chi connectivity index (χ1v) is 6.69. The van der Waals surface area contributed by atoms with Crippen molar-refractivity contribution in [2.45, 2.75) is 37.7 Å². The highest BCUT2D eigenvalue weighted by Gasteiger charge is 2.12. The molecule has 0 saturated carbocycles. The molecule has 0 aliphatic carbocycles. The van der Waals surface area contributed by atoms with E-state index < -0.39 is 0 Å². The predicted octanol–water partition coefficient (Wildman–Crippen LogP) is 1.05. The van der Waals surface area contributed by atoms with E-state index in [1.165, 1.54) is 11.8 Å². The van der Waals surface area contributed by atoms with Crippen LogP contribution in [-0.4, -0.2) is 38.8 Å². The molecule has 17 heavy (non-hydrogen) atoms. The molecule has 0 amide bonds. The van der Waals surface area contributed by atoms with Gasteiger partial charge in [0.05, 0.1) is 12.6 Å². The Labute approximate surface area is 106 Å². The summed E-state index contributed by atoms with van der Waals surface area (Å²) in [6.07, 6.45) is 2.29. The summed E-state index contributed by atoms with van der Waals surface area (Å²) in [7, 11) is 1.88. The Bertz CT molecular complexity index is 353. The van der Waals surface area contributed by atoms with Gasteiger partial charge in [0.15, 0.2) is 5.16 Å². The number of rotatable bonds is 8. The number of nitrogens with one attached hydrogen (secondary N) is 1. The summed E-state index contributed by atoms with van der Waals surface area (Å²) in [6, 6.07) is 0. The Morgan fingerprint density at radius 3 is 2.94 bits per heavy atom. The number of aliphatic hydroxyl groups is 1. The number of hydrogen-bond acceptors (Lipinski definition) is 5. The molecular formula is C11H20N4OS. The molecule has 1 aromatic rings. The topological polar surface area (TPSA) is 63.0 Å².